The third-order valence-electron chi connectivity index (χ3n) is 3.34. The van der Waals surface area contributed by atoms with E-state index in [1.54, 1.807) is 0 Å². The van der Waals surface area contributed by atoms with Gasteiger partial charge in [-0.15, -0.1) is 0 Å². The SMILES string of the molecule is Cc1[nH]c(Cc2ccc(Cl)cc2)nc1-c1ccc(Cl)cc1. The molecule has 1 aromatic heterocycles. The number of benzene rings is 2. The number of imidazole rings is 1. The molecule has 4 heteroatoms. The summed E-state index contributed by atoms with van der Waals surface area (Å²) >= 11 is 11.8. The number of halogens is 2. The van der Waals surface area contributed by atoms with Gasteiger partial charge in [-0.05, 0) is 36.8 Å². The maximum atomic E-state index is 5.93. The Bertz CT molecular complexity index is 743. The van der Waals surface area contributed by atoms with Crippen molar-refractivity contribution in [3.63, 3.8) is 0 Å². The van der Waals surface area contributed by atoms with E-state index in [1.165, 1.54) is 5.56 Å². The normalized spacial score (nSPS) is 10.8. The summed E-state index contributed by atoms with van der Waals surface area (Å²) < 4.78 is 0. The quantitative estimate of drug-likeness (QED) is 0.699. The Morgan fingerprint density at radius 3 is 2.10 bits per heavy atom. The van der Waals surface area contributed by atoms with Crippen molar-refractivity contribution in [1.82, 2.24) is 9.97 Å². The Labute approximate surface area is 133 Å². The average Bonchev–Trinajstić information content (AvgIpc) is 2.83. The molecule has 0 aliphatic heterocycles. The zero-order valence-electron chi connectivity index (χ0n) is 11.5. The van der Waals surface area contributed by atoms with Crippen LogP contribution in [0.2, 0.25) is 10.0 Å². The molecule has 3 rings (SSSR count). The molecule has 0 bridgehead atoms. The van der Waals surface area contributed by atoms with E-state index < -0.39 is 0 Å². The first-order valence-electron chi connectivity index (χ1n) is 6.68. The highest BCUT2D eigenvalue weighted by molar-refractivity contribution is 6.30. The molecule has 0 saturated heterocycles. The monoisotopic (exact) mass is 316 g/mol. The second kappa shape index (κ2) is 5.92. The summed E-state index contributed by atoms with van der Waals surface area (Å²) in [7, 11) is 0. The number of nitrogens with one attached hydrogen (secondary N) is 1. The summed E-state index contributed by atoms with van der Waals surface area (Å²) in [5, 5.41) is 1.48. The van der Waals surface area contributed by atoms with E-state index in [4.69, 9.17) is 28.2 Å². The molecule has 0 aliphatic carbocycles. The van der Waals surface area contributed by atoms with E-state index in [0.717, 1.165) is 39.2 Å². The molecule has 0 unspecified atom stereocenters. The Balaban J connectivity index is 1.87. The molecule has 0 atom stereocenters. The topological polar surface area (TPSA) is 28.7 Å². The van der Waals surface area contributed by atoms with Gasteiger partial charge in [0.25, 0.3) is 0 Å². The van der Waals surface area contributed by atoms with Crippen LogP contribution in [0.15, 0.2) is 48.5 Å². The number of rotatable bonds is 3. The lowest BCUT2D eigenvalue weighted by Crippen LogP contribution is -1.90. The van der Waals surface area contributed by atoms with Crippen molar-refractivity contribution in [2.45, 2.75) is 13.3 Å². The zero-order valence-corrected chi connectivity index (χ0v) is 13.0. The van der Waals surface area contributed by atoms with Crippen LogP contribution in [0.4, 0.5) is 0 Å². The number of hydrogen-bond donors (Lipinski definition) is 1. The van der Waals surface area contributed by atoms with Crippen LogP contribution >= 0.6 is 23.2 Å². The molecule has 106 valence electrons. The molecule has 21 heavy (non-hydrogen) atoms. The number of nitrogens with zero attached hydrogens (tertiary/aromatic N) is 1. The molecule has 0 radical (unpaired) electrons. The van der Waals surface area contributed by atoms with E-state index in [1.807, 2.05) is 55.5 Å². The van der Waals surface area contributed by atoms with Crippen molar-refractivity contribution in [3.8, 4) is 11.3 Å². The fourth-order valence-electron chi connectivity index (χ4n) is 2.29. The van der Waals surface area contributed by atoms with E-state index in [-0.39, 0.29) is 0 Å². The fraction of sp³-hybridized carbons (Fsp3) is 0.118. The van der Waals surface area contributed by atoms with Crippen LogP contribution in [0.3, 0.4) is 0 Å². The van der Waals surface area contributed by atoms with Crippen LogP contribution in [0.1, 0.15) is 17.1 Å². The van der Waals surface area contributed by atoms with Crippen molar-refractivity contribution < 1.29 is 0 Å². The summed E-state index contributed by atoms with van der Waals surface area (Å²) in [6, 6.07) is 15.5. The highest BCUT2D eigenvalue weighted by Gasteiger charge is 2.09. The van der Waals surface area contributed by atoms with E-state index >= 15 is 0 Å². The summed E-state index contributed by atoms with van der Waals surface area (Å²) in [5.74, 6) is 0.944. The third-order valence-corrected chi connectivity index (χ3v) is 3.84. The minimum absolute atomic E-state index is 0.730. The lowest BCUT2D eigenvalue weighted by molar-refractivity contribution is 1.02. The molecule has 0 saturated carbocycles. The van der Waals surface area contributed by atoms with Crippen molar-refractivity contribution in [1.29, 1.82) is 0 Å². The second-order valence-corrected chi connectivity index (χ2v) is 5.84. The van der Waals surface area contributed by atoms with E-state index in [0.29, 0.717) is 0 Å². The molecule has 1 heterocycles. The molecule has 0 aliphatic rings. The Morgan fingerprint density at radius 1 is 0.905 bits per heavy atom. The van der Waals surface area contributed by atoms with Crippen molar-refractivity contribution >= 4 is 23.2 Å². The molecule has 2 nitrogen and oxygen atoms in total. The third kappa shape index (κ3) is 3.29. The Kier molecular flexibility index (Phi) is 4.00. The first-order valence-corrected chi connectivity index (χ1v) is 7.43. The van der Waals surface area contributed by atoms with Gasteiger partial charge >= 0.3 is 0 Å². The van der Waals surface area contributed by atoms with Crippen LogP contribution in [-0.4, -0.2) is 9.97 Å². The fourth-order valence-corrected chi connectivity index (χ4v) is 2.54. The Morgan fingerprint density at radius 2 is 1.48 bits per heavy atom. The van der Waals surface area contributed by atoms with Crippen molar-refractivity contribution in [3.05, 3.63) is 75.7 Å². The van der Waals surface area contributed by atoms with Gasteiger partial charge < -0.3 is 4.98 Å². The van der Waals surface area contributed by atoms with Crippen LogP contribution in [0, 0.1) is 6.92 Å². The lowest BCUT2D eigenvalue weighted by atomic mass is 10.1. The summed E-state index contributed by atoms with van der Waals surface area (Å²) in [5.41, 5.74) is 4.27. The highest BCUT2D eigenvalue weighted by atomic mass is 35.5. The smallest absolute Gasteiger partial charge is 0.111 e. The van der Waals surface area contributed by atoms with Gasteiger partial charge in [-0.1, -0.05) is 47.5 Å². The lowest BCUT2D eigenvalue weighted by Gasteiger charge is -1.99. The van der Waals surface area contributed by atoms with Crippen LogP contribution in [0.5, 0.6) is 0 Å². The van der Waals surface area contributed by atoms with Crippen LogP contribution in [0.25, 0.3) is 11.3 Å². The van der Waals surface area contributed by atoms with Gasteiger partial charge in [0.1, 0.15) is 5.82 Å². The number of hydrogen-bond acceptors (Lipinski definition) is 1. The van der Waals surface area contributed by atoms with E-state index in [9.17, 15) is 0 Å². The average molecular weight is 317 g/mol. The summed E-state index contributed by atoms with van der Waals surface area (Å²) in [6.45, 7) is 2.03. The van der Waals surface area contributed by atoms with Crippen molar-refractivity contribution in [2.24, 2.45) is 0 Å². The van der Waals surface area contributed by atoms with Gasteiger partial charge in [0.2, 0.25) is 0 Å². The molecule has 0 fully saturated rings. The molecule has 0 amide bonds. The van der Waals surface area contributed by atoms with Gasteiger partial charge in [-0.3, -0.25) is 0 Å². The largest absolute Gasteiger partial charge is 0.345 e. The second-order valence-electron chi connectivity index (χ2n) is 4.97. The maximum Gasteiger partial charge on any atom is 0.111 e. The molecule has 2 aromatic carbocycles. The predicted octanol–water partition coefficient (Wildman–Crippen LogP) is 5.28. The number of aromatic nitrogens is 2. The summed E-state index contributed by atoms with van der Waals surface area (Å²) in [4.78, 5) is 8.04. The zero-order chi connectivity index (χ0) is 14.8. The Hall–Kier alpha value is -1.77. The first kappa shape index (κ1) is 14.2. The predicted molar refractivity (Wildman–Crippen MR) is 88.0 cm³/mol. The minimum Gasteiger partial charge on any atom is -0.345 e. The first-order chi connectivity index (χ1) is 10.1. The van der Waals surface area contributed by atoms with Crippen molar-refractivity contribution in [2.75, 3.05) is 0 Å². The van der Waals surface area contributed by atoms with Gasteiger partial charge in [0.05, 0.1) is 5.69 Å². The number of H-pyrrole nitrogens is 1. The summed E-state index contributed by atoms with van der Waals surface area (Å²) in [6.07, 6.45) is 0.756. The molecule has 0 spiro atoms. The van der Waals surface area contributed by atoms with Gasteiger partial charge in [0, 0.05) is 27.7 Å². The molecular weight excluding hydrogens is 303 g/mol. The van der Waals surface area contributed by atoms with Gasteiger partial charge in [-0.25, -0.2) is 4.98 Å². The molecular formula is C17H14Cl2N2. The number of aromatic amines is 1. The maximum absolute atomic E-state index is 5.93. The van der Waals surface area contributed by atoms with Gasteiger partial charge in [0.15, 0.2) is 0 Å². The van der Waals surface area contributed by atoms with Crippen LogP contribution < -0.4 is 0 Å². The van der Waals surface area contributed by atoms with Crippen LogP contribution in [-0.2, 0) is 6.42 Å². The standard InChI is InChI=1S/C17H14Cl2N2/c1-11-17(13-4-8-15(19)9-5-13)21-16(20-11)10-12-2-6-14(18)7-3-12/h2-9H,10H2,1H3,(H,20,21). The molecule has 3 aromatic rings. The van der Waals surface area contributed by atoms with Gasteiger partial charge in [-0.2, -0.15) is 0 Å². The molecule has 1 N–H and O–H groups in total. The van der Waals surface area contributed by atoms with E-state index in [2.05, 4.69) is 4.98 Å². The number of aryl methyl sites for hydroxylation is 1. The minimum atomic E-state index is 0.730. The highest BCUT2D eigenvalue weighted by Crippen LogP contribution is 2.24.